The second-order valence-corrected chi connectivity index (χ2v) is 6.43. The average Bonchev–Trinajstić information content (AvgIpc) is 3.00. The highest BCUT2D eigenvalue weighted by Crippen LogP contribution is 2.26. The van der Waals surface area contributed by atoms with Crippen LogP contribution in [0.5, 0.6) is 5.75 Å². The van der Waals surface area contributed by atoms with Crippen molar-refractivity contribution in [3.63, 3.8) is 0 Å². The Morgan fingerprint density at radius 3 is 2.86 bits per heavy atom. The third-order valence-corrected chi connectivity index (χ3v) is 4.85. The van der Waals surface area contributed by atoms with Crippen molar-refractivity contribution in [3.05, 3.63) is 42.0 Å². The Morgan fingerprint density at radius 1 is 1.41 bits per heavy atom. The minimum Gasteiger partial charge on any atom is -0.497 e. The molecule has 0 aliphatic carbocycles. The van der Waals surface area contributed by atoms with Crippen LogP contribution in [0.4, 0.5) is 0 Å². The molecule has 0 amide bonds. The van der Waals surface area contributed by atoms with Crippen LogP contribution in [0.15, 0.2) is 36.4 Å². The quantitative estimate of drug-likeness (QED) is 0.618. The van der Waals surface area contributed by atoms with Gasteiger partial charge in [0.15, 0.2) is 0 Å². The first kappa shape index (κ1) is 16.9. The Labute approximate surface area is 136 Å². The molecule has 1 N–H and O–H groups in total. The topological polar surface area (TPSA) is 47.6 Å². The molecule has 1 aliphatic rings. The number of ether oxygens (including phenoxy) is 2. The van der Waals surface area contributed by atoms with Crippen LogP contribution < -0.4 is 10.1 Å². The van der Waals surface area contributed by atoms with E-state index in [1.54, 1.807) is 7.11 Å². The molecule has 120 valence electrons. The van der Waals surface area contributed by atoms with E-state index in [1.807, 2.05) is 36.9 Å². The number of carbonyl (C=O) groups excluding carboxylic acids is 1. The van der Waals surface area contributed by atoms with E-state index < -0.39 is 0 Å². The summed E-state index contributed by atoms with van der Waals surface area (Å²) in [6.45, 7) is 3.20. The predicted octanol–water partition coefficient (Wildman–Crippen LogP) is 2.78. The maximum Gasteiger partial charge on any atom is 0.330 e. The van der Waals surface area contributed by atoms with E-state index in [-0.39, 0.29) is 12.0 Å². The van der Waals surface area contributed by atoms with Crippen LogP contribution in [0.25, 0.3) is 0 Å². The second kappa shape index (κ2) is 8.86. The van der Waals surface area contributed by atoms with E-state index in [0.717, 1.165) is 24.5 Å². The predicted molar refractivity (Wildman–Crippen MR) is 90.3 cm³/mol. The number of benzene rings is 1. The van der Waals surface area contributed by atoms with E-state index in [0.29, 0.717) is 11.9 Å². The van der Waals surface area contributed by atoms with E-state index in [4.69, 9.17) is 9.47 Å². The maximum absolute atomic E-state index is 11.3. The molecular weight excluding hydrogens is 298 g/mol. The van der Waals surface area contributed by atoms with Crippen molar-refractivity contribution in [1.29, 1.82) is 0 Å². The molecule has 1 aromatic carbocycles. The highest BCUT2D eigenvalue weighted by Gasteiger charge is 2.22. The van der Waals surface area contributed by atoms with Gasteiger partial charge in [-0.25, -0.2) is 4.79 Å². The monoisotopic (exact) mass is 321 g/mol. The van der Waals surface area contributed by atoms with Crippen LogP contribution in [0.3, 0.4) is 0 Å². The van der Waals surface area contributed by atoms with Gasteiger partial charge in [0, 0.05) is 29.7 Å². The van der Waals surface area contributed by atoms with Gasteiger partial charge in [-0.2, -0.15) is 11.8 Å². The van der Waals surface area contributed by atoms with Gasteiger partial charge >= 0.3 is 5.97 Å². The summed E-state index contributed by atoms with van der Waals surface area (Å²) in [6.07, 6.45) is 4.47. The van der Waals surface area contributed by atoms with Crippen LogP contribution >= 0.6 is 11.8 Å². The normalized spacial score (nSPS) is 21.2. The first-order chi connectivity index (χ1) is 10.7. The smallest absolute Gasteiger partial charge is 0.330 e. The summed E-state index contributed by atoms with van der Waals surface area (Å²) in [4.78, 5) is 11.3. The van der Waals surface area contributed by atoms with Crippen molar-refractivity contribution in [1.82, 2.24) is 5.32 Å². The third kappa shape index (κ3) is 5.39. The molecule has 0 aromatic heterocycles. The van der Waals surface area contributed by atoms with E-state index >= 15 is 0 Å². The second-order valence-electron chi connectivity index (χ2n) is 5.14. The van der Waals surface area contributed by atoms with Gasteiger partial charge in [0.1, 0.15) is 5.75 Å². The number of carbonyl (C=O) groups is 1. The van der Waals surface area contributed by atoms with Crippen molar-refractivity contribution in [3.8, 4) is 5.75 Å². The Hall–Kier alpha value is -1.46. The van der Waals surface area contributed by atoms with Gasteiger partial charge in [-0.15, -0.1) is 0 Å². The van der Waals surface area contributed by atoms with Gasteiger partial charge in [-0.1, -0.05) is 18.2 Å². The Bertz CT molecular complexity index is 501. The summed E-state index contributed by atoms with van der Waals surface area (Å²) < 4.78 is 10.0. The summed E-state index contributed by atoms with van der Waals surface area (Å²) >= 11 is 1.95. The molecule has 0 spiro atoms. The molecule has 2 atom stereocenters. The fourth-order valence-corrected chi connectivity index (χ4v) is 3.51. The molecule has 1 saturated heterocycles. The summed E-state index contributed by atoms with van der Waals surface area (Å²) in [7, 11) is 1.68. The Balaban J connectivity index is 1.72. The zero-order valence-corrected chi connectivity index (χ0v) is 13.9. The summed E-state index contributed by atoms with van der Waals surface area (Å²) in [6, 6.07) is 8.46. The largest absolute Gasteiger partial charge is 0.497 e. The van der Waals surface area contributed by atoms with E-state index in [2.05, 4.69) is 17.4 Å². The van der Waals surface area contributed by atoms with E-state index in [1.165, 1.54) is 11.6 Å². The zero-order valence-electron chi connectivity index (χ0n) is 13.1. The number of hydrogen-bond acceptors (Lipinski definition) is 5. The van der Waals surface area contributed by atoms with Crippen LogP contribution in [0, 0.1) is 0 Å². The number of hydrogen-bond donors (Lipinski definition) is 1. The van der Waals surface area contributed by atoms with Crippen molar-refractivity contribution in [2.24, 2.45) is 0 Å². The van der Waals surface area contributed by atoms with Crippen LogP contribution in [0.2, 0.25) is 0 Å². The SMILES string of the molecule is CCOC(=O)/C=C\[C@@H]1C[C@@H](SCc2ccc(OC)cc2)CN1. The maximum atomic E-state index is 11.3. The summed E-state index contributed by atoms with van der Waals surface area (Å²) in [5, 5.41) is 3.99. The van der Waals surface area contributed by atoms with Crippen molar-refractivity contribution >= 4 is 17.7 Å². The molecule has 1 fully saturated rings. The average molecular weight is 321 g/mol. The molecule has 0 saturated carbocycles. The van der Waals surface area contributed by atoms with Crippen molar-refractivity contribution in [2.75, 3.05) is 20.3 Å². The minimum atomic E-state index is -0.265. The molecule has 4 nitrogen and oxygen atoms in total. The lowest BCUT2D eigenvalue weighted by Crippen LogP contribution is -2.19. The van der Waals surface area contributed by atoms with Gasteiger partial charge in [-0.05, 0) is 31.0 Å². The molecule has 1 aromatic rings. The van der Waals surface area contributed by atoms with Crippen LogP contribution in [-0.4, -0.2) is 37.5 Å². The molecular formula is C17H23NO3S. The summed E-state index contributed by atoms with van der Waals surface area (Å²) in [5.74, 6) is 1.61. The zero-order chi connectivity index (χ0) is 15.8. The molecule has 5 heteroatoms. The van der Waals surface area contributed by atoms with Gasteiger partial charge < -0.3 is 14.8 Å². The van der Waals surface area contributed by atoms with Crippen LogP contribution in [-0.2, 0) is 15.3 Å². The molecule has 0 bridgehead atoms. The van der Waals surface area contributed by atoms with Crippen LogP contribution in [0.1, 0.15) is 18.9 Å². The highest BCUT2D eigenvalue weighted by atomic mass is 32.2. The van der Waals surface area contributed by atoms with Gasteiger partial charge in [-0.3, -0.25) is 0 Å². The molecule has 1 aliphatic heterocycles. The number of rotatable bonds is 7. The number of esters is 1. The van der Waals surface area contributed by atoms with Crippen molar-refractivity contribution < 1.29 is 14.3 Å². The molecule has 22 heavy (non-hydrogen) atoms. The molecule has 0 unspecified atom stereocenters. The molecule has 1 heterocycles. The first-order valence-electron chi connectivity index (χ1n) is 7.54. The molecule has 0 radical (unpaired) electrons. The standard InChI is InChI=1S/C17H23NO3S/c1-3-21-17(19)9-6-14-10-16(11-18-14)22-12-13-4-7-15(20-2)8-5-13/h4-9,14,16,18H,3,10-12H2,1-2H3/b9-6-/t14-,16-/m1/s1. The summed E-state index contributed by atoms with van der Waals surface area (Å²) in [5.41, 5.74) is 1.30. The fourth-order valence-electron chi connectivity index (χ4n) is 2.33. The Morgan fingerprint density at radius 2 is 2.18 bits per heavy atom. The highest BCUT2D eigenvalue weighted by molar-refractivity contribution is 7.99. The minimum absolute atomic E-state index is 0.262. The lowest BCUT2D eigenvalue weighted by atomic mass is 10.2. The number of thioether (sulfide) groups is 1. The first-order valence-corrected chi connectivity index (χ1v) is 8.59. The van der Waals surface area contributed by atoms with Crippen molar-refractivity contribution in [2.45, 2.75) is 30.4 Å². The third-order valence-electron chi connectivity index (χ3n) is 3.52. The Kier molecular flexibility index (Phi) is 6.80. The van der Waals surface area contributed by atoms with Gasteiger partial charge in [0.2, 0.25) is 0 Å². The lowest BCUT2D eigenvalue weighted by Gasteiger charge is -2.09. The lowest BCUT2D eigenvalue weighted by molar-refractivity contribution is -0.137. The van der Waals surface area contributed by atoms with Gasteiger partial charge in [0.05, 0.1) is 13.7 Å². The van der Waals surface area contributed by atoms with E-state index in [9.17, 15) is 4.79 Å². The number of methoxy groups -OCH3 is 1. The molecule has 2 rings (SSSR count). The van der Waals surface area contributed by atoms with Gasteiger partial charge in [0.25, 0.3) is 0 Å². The number of nitrogens with one attached hydrogen (secondary N) is 1. The fraction of sp³-hybridized carbons (Fsp3) is 0.471.